The van der Waals surface area contributed by atoms with Crippen molar-refractivity contribution in [3.05, 3.63) is 52.9 Å². The number of aliphatic hydroxyl groups is 1. The molecule has 2 aliphatic rings. The van der Waals surface area contributed by atoms with E-state index in [1.165, 1.54) is 3.97 Å². The van der Waals surface area contributed by atoms with Gasteiger partial charge in [0.15, 0.2) is 0 Å². The van der Waals surface area contributed by atoms with Crippen LogP contribution in [0.1, 0.15) is 59.3 Å². The smallest absolute Gasteiger partial charge is 0.250 e. The molecule has 1 amide bonds. The molecule has 1 saturated carbocycles. The van der Waals surface area contributed by atoms with Gasteiger partial charge < -0.3 is 15.4 Å². The molecule has 39 heavy (non-hydrogen) atoms. The van der Waals surface area contributed by atoms with Gasteiger partial charge in [0.1, 0.15) is 12.0 Å². The zero-order chi connectivity index (χ0) is 27.9. The van der Waals surface area contributed by atoms with Gasteiger partial charge in [0.2, 0.25) is 10.0 Å². The fraction of sp³-hybridized carbons (Fsp3) is 0.407. The second kappa shape index (κ2) is 8.83. The van der Waals surface area contributed by atoms with Gasteiger partial charge in [-0.1, -0.05) is 17.3 Å². The van der Waals surface area contributed by atoms with Crippen molar-refractivity contribution in [2.24, 2.45) is 5.73 Å². The van der Waals surface area contributed by atoms with E-state index in [4.69, 9.17) is 10.3 Å². The third-order valence-corrected chi connectivity index (χ3v) is 10.0. The number of hydrogen-bond acceptors (Lipinski definition) is 7. The van der Waals surface area contributed by atoms with Crippen LogP contribution in [0.25, 0.3) is 32.9 Å². The van der Waals surface area contributed by atoms with E-state index in [2.05, 4.69) is 5.16 Å². The molecule has 2 fully saturated rings. The van der Waals surface area contributed by atoms with Crippen molar-refractivity contribution >= 4 is 37.7 Å². The number of aliphatic hydroxyl groups excluding tert-OH is 1. The predicted octanol–water partition coefficient (Wildman–Crippen LogP) is 4.23. The van der Waals surface area contributed by atoms with E-state index in [0.717, 1.165) is 0 Å². The number of carbonyl (C=O) groups excluding carboxylic acids is 1. The Balaban J connectivity index is 1.61. The number of fused-ring (bicyclic) bond motifs is 3. The van der Waals surface area contributed by atoms with E-state index in [-0.39, 0.29) is 42.5 Å². The Kier molecular flexibility index (Phi) is 5.87. The van der Waals surface area contributed by atoms with E-state index in [1.54, 1.807) is 49.1 Å². The van der Waals surface area contributed by atoms with Gasteiger partial charge in [0.25, 0.3) is 11.8 Å². The molecule has 0 spiro atoms. The molecule has 6 rings (SSSR count). The van der Waals surface area contributed by atoms with Crippen LogP contribution < -0.4 is 5.73 Å². The summed E-state index contributed by atoms with van der Waals surface area (Å²) >= 11 is 0. The molecule has 0 radical (unpaired) electrons. The average Bonchev–Trinajstić information content (AvgIpc) is 3.62. The van der Waals surface area contributed by atoms with Gasteiger partial charge in [-0.2, -0.15) is 0 Å². The molecular formula is C27H28F2N4O5S. The van der Waals surface area contributed by atoms with E-state index in [1.807, 2.05) is 0 Å². The van der Waals surface area contributed by atoms with Crippen LogP contribution in [-0.4, -0.2) is 57.7 Å². The Morgan fingerprint density at radius 1 is 1.15 bits per heavy atom. The quantitative estimate of drug-likeness (QED) is 0.362. The first-order chi connectivity index (χ1) is 18.4. The molecule has 1 atom stereocenters. The number of carbonyl (C=O) groups is 1. The summed E-state index contributed by atoms with van der Waals surface area (Å²) in [7, 11) is -3.91. The summed E-state index contributed by atoms with van der Waals surface area (Å²) in [5, 5.41) is 15.5. The van der Waals surface area contributed by atoms with Crippen molar-refractivity contribution in [1.82, 2.24) is 14.0 Å². The summed E-state index contributed by atoms with van der Waals surface area (Å²) in [5.41, 5.74) is 8.56. The first kappa shape index (κ1) is 25.9. The number of primary amides is 1. The summed E-state index contributed by atoms with van der Waals surface area (Å²) < 4.78 is 61.4. The fourth-order valence-corrected chi connectivity index (χ4v) is 7.50. The largest absolute Gasteiger partial charge is 0.374 e. The molecule has 3 heterocycles. The zero-order valence-electron chi connectivity index (χ0n) is 21.4. The van der Waals surface area contributed by atoms with E-state index < -0.39 is 33.3 Å². The van der Waals surface area contributed by atoms with E-state index in [0.29, 0.717) is 51.8 Å². The van der Waals surface area contributed by atoms with Crippen molar-refractivity contribution in [2.45, 2.75) is 56.9 Å². The topological polar surface area (TPSA) is 132 Å². The van der Waals surface area contributed by atoms with Gasteiger partial charge in [0, 0.05) is 42.3 Å². The number of hydrogen-bond donors (Lipinski definition) is 2. The van der Waals surface area contributed by atoms with Crippen LogP contribution in [0.4, 0.5) is 8.78 Å². The average molecular weight is 559 g/mol. The van der Waals surface area contributed by atoms with Gasteiger partial charge in [-0.05, 0) is 56.0 Å². The Morgan fingerprint density at radius 3 is 2.44 bits per heavy atom. The summed E-state index contributed by atoms with van der Waals surface area (Å²) in [6.07, 6.45) is -0.938. The minimum atomic E-state index is -3.91. The van der Waals surface area contributed by atoms with E-state index >= 15 is 0 Å². The van der Waals surface area contributed by atoms with Gasteiger partial charge >= 0.3 is 0 Å². The third kappa shape index (κ3) is 4.21. The summed E-state index contributed by atoms with van der Waals surface area (Å²) in [6.45, 7) is 3.52. The third-order valence-electron chi connectivity index (χ3n) is 7.80. The van der Waals surface area contributed by atoms with Gasteiger partial charge in [-0.25, -0.2) is 21.2 Å². The second-order valence-electron chi connectivity index (χ2n) is 10.5. The maximum Gasteiger partial charge on any atom is 0.250 e. The fourth-order valence-electron chi connectivity index (χ4n) is 5.60. The lowest BCUT2D eigenvalue weighted by atomic mass is 9.97. The molecule has 2 aromatic carbocycles. The molecule has 2 aromatic heterocycles. The molecule has 9 nitrogen and oxygen atoms in total. The lowest BCUT2D eigenvalue weighted by molar-refractivity contribution is -0.0961. The number of benzene rings is 2. The lowest BCUT2D eigenvalue weighted by Crippen LogP contribution is -2.41. The molecule has 1 saturated heterocycles. The summed E-state index contributed by atoms with van der Waals surface area (Å²) in [4.78, 5) is 14.3. The highest BCUT2D eigenvalue weighted by Gasteiger charge is 2.40. The Bertz CT molecular complexity index is 1730. The maximum absolute atomic E-state index is 13.8. The maximum atomic E-state index is 13.8. The van der Waals surface area contributed by atoms with Crippen molar-refractivity contribution < 1.29 is 31.6 Å². The zero-order valence-corrected chi connectivity index (χ0v) is 22.3. The van der Waals surface area contributed by atoms with E-state index in [9.17, 15) is 27.1 Å². The highest BCUT2D eigenvalue weighted by Crippen LogP contribution is 2.42. The number of nitrogens with two attached hydrogens (primary N) is 1. The second-order valence-corrected chi connectivity index (χ2v) is 12.6. The van der Waals surface area contributed by atoms with Crippen LogP contribution >= 0.6 is 0 Å². The number of rotatable bonds is 6. The molecule has 0 bridgehead atoms. The van der Waals surface area contributed by atoms with Crippen LogP contribution in [0.5, 0.6) is 0 Å². The molecule has 3 N–H and O–H groups in total. The molecule has 1 aliphatic carbocycles. The van der Waals surface area contributed by atoms with Gasteiger partial charge in [-0.15, -0.1) is 0 Å². The standard InChI is InChI=1S/C27H28F2N4O5S/c1-14-23(15(2)38-31-14)17-11-20-19-6-3-16(26(35)32-9-7-27(28,29)8-10-32)13-22(19)33(39(36,37)18-4-5-18)24(20)21(12-17)25(30)34/h3,6,11-13,18,26,35H,4-5,7-10H2,1-2H3,(H2,30,34). The normalized spacial score (nSPS) is 19.1. The van der Waals surface area contributed by atoms with Crippen LogP contribution in [-0.2, 0) is 10.0 Å². The molecule has 1 aliphatic heterocycles. The molecular weight excluding hydrogens is 530 g/mol. The van der Waals surface area contributed by atoms with Crippen molar-refractivity contribution in [3.8, 4) is 11.1 Å². The first-order valence-electron chi connectivity index (χ1n) is 12.8. The number of alkyl halides is 2. The van der Waals surface area contributed by atoms with Gasteiger partial charge in [-0.3, -0.25) is 9.69 Å². The lowest BCUT2D eigenvalue weighted by Gasteiger charge is -2.35. The number of aromatic nitrogens is 2. The number of amides is 1. The molecule has 12 heteroatoms. The van der Waals surface area contributed by atoms with Crippen molar-refractivity contribution in [2.75, 3.05) is 13.1 Å². The predicted molar refractivity (Wildman–Crippen MR) is 141 cm³/mol. The number of likely N-dealkylation sites (tertiary alicyclic amines) is 1. The number of nitrogens with zero attached hydrogens (tertiary/aromatic N) is 3. The first-order valence-corrected chi connectivity index (χ1v) is 14.3. The SMILES string of the molecule is Cc1noc(C)c1-c1cc(C(N)=O)c2c(c1)c1ccc(C(O)N3CCC(F)(F)CC3)cc1n2S(=O)(=O)C1CC1. The molecule has 206 valence electrons. The monoisotopic (exact) mass is 558 g/mol. The minimum Gasteiger partial charge on any atom is -0.374 e. The van der Waals surface area contributed by atoms with Gasteiger partial charge in [0.05, 0.1) is 27.5 Å². The Hall–Kier alpha value is -3.35. The molecule has 1 unspecified atom stereocenters. The van der Waals surface area contributed by atoms with Crippen LogP contribution in [0.2, 0.25) is 0 Å². The van der Waals surface area contributed by atoms with Crippen LogP contribution in [0.15, 0.2) is 34.9 Å². The Morgan fingerprint density at radius 2 is 1.85 bits per heavy atom. The van der Waals surface area contributed by atoms with Crippen molar-refractivity contribution in [3.63, 3.8) is 0 Å². The minimum absolute atomic E-state index is 0.00217. The van der Waals surface area contributed by atoms with Crippen LogP contribution in [0.3, 0.4) is 0 Å². The number of aryl methyl sites for hydroxylation is 2. The van der Waals surface area contributed by atoms with Crippen molar-refractivity contribution in [1.29, 1.82) is 0 Å². The Labute approximate surface area is 223 Å². The summed E-state index contributed by atoms with van der Waals surface area (Å²) in [5.74, 6) is -3.03. The number of piperidine rings is 1. The van der Waals surface area contributed by atoms with Crippen LogP contribution in [0, 0.1) is 13.8 Å². The highest BCUT2D eigenvalue weighted by molar-refractivity contribution is 7.91. The molecule has 4 aromatic rings. The number of halogens is 2. The highest BCUT2D eigenvalue weighted by atomic mass is 32.2. The summed E-state index contributed by atoms with van der Waals surface area (Å²) in [6, 6.07) is 8.25.